The lowest BCUT2D eigenvalue weighted by Gasteiger charge is -2.37. The number of hydrogen-bond donors (Lipinski definition) is 0. The van der Waals surface area contributed by atoms with Gasteiger partial charge in [0.2, 0.25) is 8.32 Å². The van der Waals surface area contributed by atoms with Crippen molar-refractivity contribution in [1.82, 2.24) is 0 Å². The maximum Gasteiger partial charge on any atom is 0.295 e. The molecular weight excluding hydrogens is 372 g/mol. The van der Waals surface area contributed by atoms with Crippen LogP contribution in [-0.2, 0) is 13.6 Å². The van der Waals surface area contributed by atoms with Gasteiger partial charge >= 0.3 is 0 Å². The van der Waals surface area contributed by atoms with Gasteiger partial charge in [-0.15, -0.1) is 0 Å². The molecule has 0 fully saturated rings. The lowest BCUT2D eigenvalue weighted by Crippen LogP contribution is -2.47. The van der Waals surface area contributed by atoms with Crippen molar-refractivity contribution in [2.75, 3.05) is 0 Å². The zero-order valence-electron chi connectivity index (χ0n) is 17.9. The van der Waals surface area contributed by atoms with E-state index in [2.05, 4.69) is 83.2 Å². The summed E-state index contributed by atoms with van der Waals surface area (Å²) >= 11 is 0. The van der Waals surface area contributed by atoms with Crippen LogP contribution in [0.25, 0.3) is 6.08 Å². The van der Waals surface area contributed by atoms with Crippen LogP contribution < -0.4 is 0 Å². The predicted molar refractivity (Wildman–Crippen MR) is 120 cm³/mol. The first kappa shape index (κ1) is 23.1. The molecule has 0 aliphatic carbocycles. The minimum Gasteiger partial charge on any atom is -0.520 e. The molecule has 0 radical (unpaired) electrons. The fourth-order valence-corrected chi connectivity index (χ4v) is 6.69. The summed E-state index contributed by atoms with van der Waals surface area (Å²) in [5.74, 6) is -0.0794. The van der Waals surface area contributed by atoms with Crippen molar-refractivity contribution < 1.29 is 13.6 Å². The van der Waals surface area contributed by atoms with E-state index in [4.69, 9.17) is 8.85 Å². The van der Waals surface area contributed by atoms with Crippen molar-refractivity contribution in [3.8, 4) is 0 Å². The number of carbonyl (C=O) groups is 1. The van der Waals surface area contributed by atoms with Crippen LogP contribution in [0.1, 0.15) is 5.56 Å². The van der Waals surface area contributed by atoms with Crippen LogP contribution >= 0.6 is 0 Å². The summed E-state index contributed by atoms with van der Waals surface area (Å²) in [6.07, 6.45) is 3.90. The van der Waals surface area contributed by atoms with Gasteiger partial charge in [-0.05, 0) is 44.8 Å². The van der Waals surface area contributed by atoms with E-state index >= 15 is 0 Å². The van der Waals surface area contributed by atoms with Crippen LogP contribution in [0, 0.1) is 0 Å². The molecular formula is C20H36O3Si3. The molecule has 0 unspecified atom stereocenters. The van der Waals surface area contributed by atoms with Crippen molar-refractivity contribution in [1.29, 1.82) is 0 Å². The van der Waals surface area contributed by atoms with Gasteiger partial charge in [0, 0.05) is 0 Å². The Labute approximate surface area is 163 Å². The average Bonchev–Trinajstić information content (AvgIpc) is 2.40. The number of rotatable bonds is 8. The average molecular weight is 409 g/mol. The second-order valence-electron chi connectivity index (χ2n) is 9.84. The molecule has 1 aromatic rings. The number of benzene rings is 1. The molecule has 26 heavy (non-hydrogen) atoms. The molecule has 0 spiro atoms. The third kappa shape index (κ3) is 8.62. The van der Waals surface area contributed by atoms with Crippen LogP contribution in [0.2, 0.25) is 64.5 Å². The zero-order chi connectivity index (χ0) is 20.2. The van der Waals surface area contributed by atoms with E-state index in [0.29, 0.717) is 0 Å². The van der Waals surface area contributed by atoms with Gasteiger partial charge in [0.1, 0.15) is 0 Å². The quantitative estimate of drug-likeness (QED) is 0.494. The molecule has 6 heteroatoms. The van der Waals surface area contributed by atoms with Gasteiger partial charge in [-0.2, -0.15) is 0 Å². The monoisotopic (exact) mass is 408 g/mol. The Morgan fingerprint density at radius 3 is 1.85 bits per heavy atom. The fourth-order valence-electron chi connectivity index (χ4n) is 2.74. The highest BCUT2D eigenvalue weighted by atomic mass is 28.4. The third-order valence-electron chi connectivity index (χ3n) is 3.69. The maximum atomic E-state index is 13.1. The first-order valence-electron chi connectivity index (χ1n) is 9.33. The molecule has 0 aliphatic rings. The number of hydrogen-bond acceptors (Lipinski definition) is 3. The molecule has 0 saturated carbocycles. The predicted octanol–water partition coefficient (Wildman–Crippen LogP) is 6.01. The summed E-state index contributed by atoms with van der Waals surface area (Å²) in [6.45, 7) is 19.3. The van der Waals surface area contributed by atoms with Crippen molar-refractivity contribution in [2.24, 2.45) is 0 Å². The summed E-state index contributed by atoms with van der Waals surface area (Å²) in [5.41, 5.74) is 0.908. The molecule has 0 heterocycles. The molecule has 0 amide bonds. The maximum absolute atomic E-state index is 13.1. The van der Waals surface area contributed by atoms with Gasteiger partial charge in [0.15, 0.2) is 8.32 Å². The van der Waals surface area contributed by atoms with Crippen LogP contribution in [0.4, 0.5) is 0 Å². The van der Waals surface area contributed by atoms with Gasteiger partial charge in [-0.25, -0.2) is 0 Å². The van der Waals surface area contributed by atoms with Gasteiger partial charge in [-0.1, -0.05) is 62.1 Å². The second-order valence-corrected chi connectivity index (χ2v) is 24.1. The summed E-state index contributed by atoms with van der Waals surface area (Å²) in [5, 5.41) is 0. The Balaban J connectivity index is 3.24. The standard InChI is InChI=1S/C20H36O3Si3/c1-24(2,3)19(20(21)23-26(7,8)9)18(22-25(4,5)6)16-15-17-13-11-10-12-14-17/h10-16,18-19H,1-9H3/b16-15+/t18-,19-/m1/s1. The van der Waals surface area contributed by atoms with E-state index in [0.717, 1.165) is 5.56 Å². The van der Waals surface area contributed by atoms with Crippen LogP contribution in [0.5, 0.6) is 0 Å². The Bertz CT molecular complexity index is 608. The Hall–Kier alpha value is -0.959. The lowest BCUT2D eigenvalue weighted by atomic mass is 10.1. The summed E-state index contributed by atoms with van der Waals surface area (Å²) in [7, 11) is -5.64. The lowest BCUT2D eigenvalue weighted by molar-refractivity contribution is -0.136. The summed E-state index contributed by atoms with van der Waals surface area (Å²) in [4.78, 5) is 13.1. The molecule has 0 aliphatic heterocycles. The molecule has 1 aromatic carbocycles. The largest absolute Gasteiger partial charge is 0.520 e. The SMILES string of the molecule is C[Si](C)(C)OC(=O)[C@@H]([C@@H](/C=C/c1ccccc1)O[Si](C)(C)C)[Si](C)(C)C. The Morgan fingerprint density at radius 2 is 1.42 bits per heavy atom. The van der Waals surface area contributed by atoms with Crippen LogP contribution in [0.3, 0.4) is 0 Å². The van der Waals surface area contributed by atoms with Crippen LogP contribution in [0.15, 0.2) is 36.4 Å². The second kappa shape index (κ2) is 8.82. The van der Waals surface area contributed by atoms with Crippen molar-refractivity contribution in [2.45, 2.75) is 70.6 Å². The fraction of sp³-hybridized carbons (Fsp3) is 0.550. The van der Waals surface area contributed by atoms with Crippen molar-refractivity contribution in [3.63, 3.8) is 0 Å². The third-order valence-corrected chi connectivity index (χ3v) is 7.91. The van der Waals surface area contributed by atoms with E-state index in [9.17, 15) is 4.79 Å². The van der Waals surface area contributed by atoms with Gasteiger partial charge in [0.25, 0.3) is 5.97 Å². The molecule has 1 rings (SSSR count). The van der Waals surface area contributed by atoms with Gasteiger partial charge in [0.05, 0.1) is 19.7 Å². The minimum atomic E-state index is -1.95. The van der Waals surface area contributed by atoms with Crippen molar-refractivity contribution in [3.05, 3.63) is 42.0 Å². The number of carbonyl (C=O) groups excluding carboxylic acids is 1. The molecule has 0 saturated heterocycles. The highest BCUT2D eigenvalue weighted by Gasteiger charge is 2.43. The Morgan fingerprint density at radius 1 is 0.885 bits per heavy atom. The summed E-state index contributed by atoms with van der Waals surface area (Å²) < 4.78 is 12.4. The van der Waals surface area contributed by atoms with Gasteiger partial charge in [-0.3, -0.25) is 4.79 Å². The van der Waals surface area contributed by atoms with E-state index in [-0.39, 0.29) is 17.6 Å². The van der Waals surface area contributed by atoms with E-state index < -0.39 is 24.7 Å². The molecule has 0 N–H and O–H groups in total. The van der Waals surface area contributed by atoms with E-state index in [1.807, 2.05) is 18.2 Å². The summed E-state index contributed by atoms with van der Waals surface area (Å²) in [6, 6.07) is 10.2. The van der Waals surface area contributed by atoms with Crippen molar-refractivity contribution >= 4 is 36.8 Å². The van der Waals surface area contributed by atoms with Crippen LogP contribution in [-0.4, -0.2) is 36.8 Å². The van der Waals surface area contributed by atoms with E-state index in [1.54, 1.807) is 0 Å². The molecule has 2 atom stereocenters. The first-order valence-corrected chi connectivity index (χ1v) is 19.7. The highest BCUT2D eigenvalue weighted by Crippen LogP contribution is 2.33. The molecule has 0 bridgehead atoms. The topological polar surface area (TPSA) is 35.5 Å². The first-order chi connectivity index (χ1) is 11.7. The minimum absolute atomic E-state index is 0.0794. The smallest absolute Gasteiger partial charge is 0.295 e. The highest BCUT2D eigenvalue weighted by molar-refractivity contribution is 6.81. The Kier molecular flexibility index (Phi) is 7.83. The molecule has 0 aromatic heterocycles. The van der Waals surface area contributed by atoms with E-state index in [1.165, 1.54) is 0 Å². The normalized spacial score (nSPS) is 15.7. The zero-order valence-corrected chi connectivity index (χ0v) is 20.9. The van der Waals surface area contributed by atoms with Gasteiger partial charge < -0.3 is 8.85 Å². The molecule has 146 valence electrons. The molecule has 3 nitrogen and oxygen atoms in total.